The summed E-state index contributed by atoms with van der Waals surface area (Å²) in [5.74, 6) is 1.30. The Labute approximate surface area is 153 Å². The highest BCUT2D eigenvalue weighted by Gasteiger charge is 2.28. The Bertz CT molecular complexity index is 763. The lowest BCUT2D eigenvalue weighted by Crippen LogP contribution is -2.50. The first-order chi connectivity index (χ1) is 12.7. The number of hydrogen-bond donors (Lipinski definition) is 0. The molecule has 134 valence electrons. The summed E-state index contributed by atoms with van der Waals surface area (Å²) in [6, 6.07) is 18.6. The van der Waals surface area contributed by atoms with Gasteiger partial charge in [0.2, 0.25) is 0 Å². The number of ether oxygens (including phenoxy) is 2. The lowest BCUT2D eigenvalue weighted by molar-refractivity contribution is 0.100. The normalized spacial score (nSPS) is 15.8. The van der Waals surface area contributed by atoms with E-state index in [-0.39, 0.29) is 12.1 Å². The number of carbonyl (C=O) groups excluding carboxylic acids is 1. The number of amides is 1. The van der Waals surface area contributed by atoms with E-state index in [2.05, 4.69) is 11.0 Å². The quantitative estimate of drug-likeness (QED) is 0.847. The molecule has 0 aromatic heterocycles. The van der Waals surface area contributed by atoms with Gasteiger partial charge in [0.25, 0.3) is 0 Å². The fourth-order valence-electron chi connectivity index (χ4n) is 2.97. The molecule has 2 aromatic rings. The number of benzene rings is 2. The fourth-order valence-corrected chi connectivity index (χ4v) is 2.97. The summed E-state index contributed by atoms with van der Waals surface area (Å²) in [7, 11) is 1.62. The van der Waals surface area contributed by atoms with E-state index in [0.29, 0.717) is 31.9 Å². The van der Waals surface area contributed by atoms with Crippen molar-refractivity contribution in [2.75, 3.05) is 33.3 Å². The summed E-state index contributed by atoms with van der Waals surface area (Å²) in [5, 5.41) is 9.60. The molecule has 1 heterocycles. The van der Waals surface area contributed by atoms with E-state index in [1.165, 1.54) is 0 Å². The van der Waals surface area contributed by atoms with Crippen molar-refractivity contribution >= 4 is 6.09 Å². The van der Waals surface area contributed by atoms with Crippen LogP contribution in [0.1, 0.15) is 11.6 Å². The average Bonchev–Trinajstić information content (AvgIpc) is 2.70. The second kappa shape index (κ2) is 8.37. The lowest BCUT2D eigenvalue weighted by atomic mass is 10.1. The zero-order chi connectivity index (χ0) is 18.4. The van der Waals surface area contributed by atoms with E-state index in [4.69, 9.17) is 9.47 Å². The molecule has 0 aliphatic carbocycles. The van der Waals surface area contributed by atoms with Gasteiger partial charge in [0.15, 0.2) is 0 Å². The number of carbonyl (C=O) groups is 1. The number of nitriles is 1. The average molecular weight is 351 g/mol. The second-order valence-electron chi connectivity index (χ2n) is 6.01. The first-order valence-corrected chi connectivity index (χ1v) is 8.50. The molecule has 3 rings (SSSR count). The van der Waals surface area contributed by atoms with E-state index in [0.717, 1.165) is 11.3 Å². The van der Waals surface area contributed by atoms with Gasteiger partial charge in [0.1, 0.15) is 17.5 Å². The number of rotatable bonds is 4. The molecule has 1 atom stereocenters. The molecule has 1 amide bonds. The molecule has 0 saturated carbocycles. The van der Waals surface area contributed by atoms with Crippen molar-refractivity contribution in [2.45, 2.75) is 6.04 Å². The van der Waals surface area contributed by atoms with Crippen LogP contribution >= 0.6 is 0 Å². The third kappa shape index (κ3) is 4.13. The van der Waals surface area contributed by atoms with Gasteiger partial charge in [-0.25, -0.2) is 4.79 Å². The van der Waals surface area contributed by atoms with Crippen molar-refractivity contribution in [3.63, 3.8) is 0 Å². The molecular weight excluding hydrogens is 330 g/mol. The Kier molecular flexibility index (Phi) is 5.72. The molecule has 0 N–H and O–H groups in total. The molecule has 0 bridgehead atoms. The molecule has 6 nitrogen and oxygen atoms in total. The summed E-state index contributed by atoms with van der Waals surface area (Å²) in [6.45, 7) is 2.29. The van der Waals surface area contributed by atoms with Gasteiger partial charge in [-0.3, -0.25) is 4.90 Å². The van der Waals surface area contributed by atoms with Gasteiger partial charge in [-0.05, 0) is 29.8 Å². The van der Waals surface area contributed by atoms with Gasteiger partial charge in [0, 0.05) is 26.2 Å². The maximum Gasteiger partial charge on any atom is 0.415 e. The molecule has 0 spiro atoms. The summed E-state index contributed by atoms with van der Waals surface area (Å²) in [6.07, 6.45) is -0.353. The monoisotopic (exact) mass is 351 g/mol. The van der Waals surface area contributed by atoms with Gasteiger partial charge in [-0.1, -0.05) is 30.3 Å². The summed E-state index contributed by atoms with van der Waals surface area (Å²) < 4.78 is 10.5. The molecule has 1 saturated heterocycles. The topological polar surface area (TPSA) is 65.8 Å². The maximum absolute atomic E-state index is 12.3. The number of nitrogens with zero attached hydrogens (tertiary/aromatic N) is 3. The number of para-hydroxylation sites is 1. The molecule has 0 radical (unpaired) electrons. The van der Waals surface area contributed by atoms with Gasteiger partial charge in [-0.15, -0.1) is 0 Å². The molecule has 2 aromatic carbocycles. The highest BCUT2D eigenvalue weighted by molar-refractivity contribution is 5.70. The summed E-state index contributed by atoms with van der Waals surface area (Å²) in [5.41, 5.74) is 0.925. The zero-order valence-corrected chi connectivity index (χ0v) is 14.7. The molecule has 1 aliphatic heterocycles. The van der Waals surface area contributed by atoms with Crippen molar-refractivity contribution in [2.24, 2.45) is 0 Å². The first kappa shape index (κ1) is 17.8. The Hall–Kier alpha value is -3.04. The van der Waals surface area contributed by atoms with Gasteiger partial charge >= 0.3 is 6.09 Å². The third-order valence-corrected chi connectivity index (χ3v) is 4.44. The van der Waals surface area contributed by atoms with Crippen molar-refractivity contribution in [3.8, 4) is 17.6 Å². The highest BCUT2D eigenvalue weighted by Crippen LogP contribution is 2.24. The van der Waals surface area contributed by atoms with Gasteiger partial charge < -0.3 is 14.4 Å². The van der Waals surface area contributed by atoms with Crippen LogP contribution in [0, 0.1) is 11.3 Å². The van der Waals surface area contributed by atoms with Crippen molar-refractivity contribution in [3.05, 3.63) is 60.2 Å². The van der Waals surface area contributed by atoms with Crippen molar-refractivity contribution in [1.29, 1.82) is 5.26 Å². The van der Waals surface area contributed by atoms with E-state index in [1.54, 1.807) is 24.1 Å². The highest BCUT2D eigenvalue weighted by atomic mass is 16.6. The number of methoxy groups -OCH3 is 1. The molecule has 1 unspecified atom stereocenters. The Balaban J connectivity index is 1.58. The largest absolute Gasteiger partial charge is 0.497 e. The summed E-state index contributed by atoms with van der Waals surface area (Å²) in [4.78, 5) is 16.0. The van der Waals surface area contributed by atoms with Crippen LogP contribution in [0.25, 0.3) is 0 Å². The van der Waals surface area contributed by atoms with Crippen molar-refractivity contribution in [1.82, 2.24) is 9.80 Å². The van der Waals surface area contributed by atoms with Crippen LogP contribution in [0.4, 0.5) is 4.79 Å². The fraction of sp³-hybridized carbons (Fsp3) is 0.300. The van der Waals surface area contributed by atoms with E-state index >= 15 is 0 Å². The van der Waals surface area contributed by atoms with Crippen LogP contribution in [0.15, 0.2) is 54.6 Å². The second-order valence-corrected chi connectivity index (χ2v) is 6.01. The SMILES string of the molecule is COc1ccc(C(C#N)N2CCN(C(=O)Oc3ccccc3)CC2)cc1. The smallest absolute Gasteiger partial charge is 0.415 e. The Morgan fingerprint density at radius 3 is 2.23 bits per heavy atom. The minimum absolute atomic E-state index is 0.340. The lowest BCUT2D eigenvalue weighted by Gasteiger charge is -2.36. The maximum atomic E-state index is 12.3. The Morgan fingerprint density at radius 1 is 1.00 bits per heavy atom. The van der Waals surface area contributed by atoms with Crippen LogP contribution in [0.2, 0.25) is 0 Å². The molecule has 1 aliphatic rings. The van der Waals surface area contributed by atoms with Gasteiger partial charge in [-0.2, -0.15) is 5.26 Å². The standard InChI is InChI=1S/C20H21N3O3/c1-25-17-9-7-16(8-10-17)19(15-21)22-11-13-23(14-12-22)20(24)26-18-5-3-2-4-6-18/h2-10,19H,11-14H2,1H3. The number of hydrogen-bond acceptors (Lipinski definition) is 5. The molecular formula is C20H21N3O3. The van der Waals surface area contributed by atoms with Crippen molar-refractivity contribution < 1.29 is 14.3 Å². The zero-order valence-electron chi connectivity index (χ0n) is 14.7. The van der Waals surface area contributed by atoms with Crippen LogP contribution in [-0.2, 0) is 0 Å². The van der Waals surface area contributed by atoms with E-state index in [1.807, 2.05) is 42.5 Å². The summed E-state index contributed by atoms with van der Waals surface area (Å²) >= 11 is 0. The predicted octanol–water partition coefficient (Wildman–Crippen LogP) is 3.08. The molecule has 6 heteroatoms. The molecule has 1 fully saturated rings. The minimum Gasteiger partial charge on any atom is -0.497 e. The van der Waals surface area contributed by atoms with Crippen LogP contribution < -0.4 is 9.47 Å². The Morgan fingerprint density at radius 2 is 1.65 bits per heavy atom. The van der Waals surface area contributed by atoms with Crippen LogP contribution in [0.3, 0.4) is 0 Å². The number of piperazine rings is 1. The van der Waals surface area contributed by atoms with E-state index in [9.17, 15) is 10.1 Å². The van der Waals surface area contributed by atoms with Gasteiger partial charge in [0.05, 0.1) is 13.2 Å². The van der Waals surface area contributed by atoms with E-state index < -0.39 is 0 Å². The predicted molar refractivity (Wildman–Crippen MR) is 97.0 cm³/mol. The minimum atomic E-state index is -0.353. The van der Waals surface area contributed by atoms with Crippen LogP contribution in [0.5, 0.6) is 11.5 Å². The first-order valence-electron chi connectivity index (χ1n) is 8.50. The molecule has 26 heavy (non-hydrogen) atoms. The third-order valence-electron chi connectivity index (χ3n) is 4.44. The van der Waals surface area contributed by atoms with Crippen LogP contribution in [-0.4, -0.2) is 49.2 Å².